The number of aryl methyl sites for hydroxylation is 1. The van der Waals surface area contributed by atoms with Gasteiger partial charge in [-0.05, 0) is 36.8 Å². The van der Waals surface area contributed by atoms with Gasteiger partial charge in [0.25, 0.3) is 5.91 Å². The van der Waals surface area contributed by atoms with Crippen LogP contribution in [0.1, 0.15) is 15.9 Å². The topological polar surface area (TPSA) is 47.6 Å². The summed E-state index contributed by atoms with van der Waals surface area (Å²) in [5.41, 5.74) is 2.08. The molecule has 0 unspecified atom stereocenters. The molecule has 0 bridgehead atoms. The Morgan fingerprint density at radius 3 is 2.52 bits per heavy atom. The SMILES string of the molecule is COc1ccc(OC)c(NC(=O)c2cc(Br)ccc2C)c1. The maximum absolute atomic E-state index is 12.4. The standard InChI is InChI=1S/C16H16BrNO3/c1-10-4-5-11(17)8-13(10)16(19)18-14-9-12(20-2)6-7-15(14)21-3/h4-9H,1-3H3,(H,18,19). The van der Waals surface area contributed by atoms with Gasteiger partial charge in [-0.2, -0.15) is 0 Å². The minimum atomic E-state index is -0.194. The van der Waals surface area contributed by atoms with Crippen molar-refractivity contribution >= 4 is 27.5 Å². The highest BCUT2D eigenvalue weighted by molar-refractivity contribution is 9.10. The molecule has 4 nitrogen and oxygen atoms in total. The summed E-state index contributed by atoms with van der Waals surface area (Å²) in [6, 6.07) is 10.8. The minimum absolute atomic E-state index is 0.194. The van der Waals surface area contributed by atoms with E-state index in [1.807, 2.05) is 19.1 Å². The third kappa shape index (κ3) is 3.55. The summed E-state index contributed by atoms with van der Waals surface area (Å²) in [6.07, 6.45) is 0. The highest BCUT2D eigenvalue weighted by Crippen LogP contribution is 2.29. The fourth-order valence-electron chi connectivity index (χ4n) is 1.94. The van der Waals surface area contributed by atoms with Crippen molar-refractivity contribution in [2.75, 3.05) is 19.5 Å². The molecule has 110 valence electrons. The summed E-state index contributed by atoms with van der Waals surface area (Å²) in [7, 11) is 3.13. The van der Waals surface area contributed by atoms with E-state index in [1.54, 1.807) is 38.5 Å². The minimum Gasteiger partial charge on any atom is -0.497 e. The highest BCUT2D eigenvalue weighted by atomic mass is 79.9. The first kappa shape index (κ1) is 15.4. The van der Waals surface area contributed by atoms with Gasteiger partial charge in [0.1, 0.15) is 11.5 Å². The van der Waals surface area contributed by atoms with Crippen LogP contribution in [0.15, 0.2) is 40.9 Å². The maximum Gasteiger partial charge on any atom is 0.256 e. The molecule has 0 saturated carbocycles. The van der Waals surface area contributed by atoms with Crippen LogP contribution in [0.2, 0.25) is 0 Å². The number of anilines is 1. The molecular formula is C16H16BrNO3. The predicted octanol–water partition coefficient (Wildman–Crippen LogP) is 4.03. The van der Waals surface area contributed by atoms with Gasteiger partial charge in [-0.3, -0.25) is 4.79 Å². The molecule has 0 spiro atoms. The summed E-state index contributed by atoms with van der Waals surface area (Å²) >= 11 is 3.38. The third-order valence-corrected chi connectivity index (χ3v) is 3.59. The Hall–Kier alpha value is -2.01. The zero-order valence-electron chi connectivity index (χ0n) is 12.1. The van der Waals surface area contributed by atoms with Gasteiger partial charge in [-0.25, -0.2) is 0 Å². The second-order valence-electron chi connectivity index (χ2n) is 4.48. The number of ether oxygens (including phenoxy) is 2. The summed E-state index contributed by atoms with van der Waals surface area (Å²) in [5.74, 6) is 1.04. The predicted molar refractivity (Wildman–Crippen MR) is 86.4 cm³/mol. The molecule has 0 saturated heterocycles. The number of carbonyl (C=O) groups excluding carboxylic acids is 1. The lowest BCUT2D eigenvalue weighted by atomic mass is 10.1. The molecule has 2 aromatic rings. The largest absolute Gasteiger partial charge is 0.497 e. The first-order chi connectivity index (χ1) is 10.0. The molecule has 0 aliphatic heterocycles. The van der Waals surface area contributed by atoms with Crippen LogP contribution in [-0.4, -0.2) is 20.1 Å². The molecular weight excluding hydrogens is 334 g/mol. The second kappa shape index (κ2) is 6.63. The maximum atomic E-state index is 12.4. The number of amides is 1. The van der Waals surface area contributed by atoms with E-state index >= 15 is 0 Å². The molecule has 0 aliphatic rings. The Bertz CT molecular complexity index is 671. The van der Waals surface area contributed by atoms with Crippen LogP contribution in [0, 0.1) is 6.92 Å². The number of methoxy groups -OCH3 is 2. The second-order valence-corrected chi connectivity index (χ2v) is 5.40. The number of halogens is 1. The van der Waals surface area contributed by atoms with Crippen LogP contribution in [0.4, 0.5) is 5.69 Å². The van der Waals surface area contributed by atoms with Gasteiger partial charge in [0, 0.05) is 16.1 Å². The normalized spacial score (nSPS) is 10.1. The van der Waals surface area contributed by atoms with Gasteiger partial charge in [0.15, 0.2) is 0 Å². The molecule has 1 amide bonds. The van der Waals surface area contributed by atoms with E-state index in [-0.39, 0.29) is 5.91 Å². The van der Waals surface area contributed by atoms with Crippen molar-refractivity contribution in [3.63, 3.8) is 0 Å². The fraction of sp³-hybridized carbons (Fsp3) is 0.188. The van der Waals surface area contributed by atoms with E-state index in [4.69, 9.17) is 9.47 Å². The first-order valence-corrected chi connectivity index (χ1v) is 7.14. The monoisotopic (exact) mass is 349 g/mol. The number of rotatable bonds is 4. The van der Waals surface area contributed by atoms with Gasteiger partial charge in [0.2, 0.25) is 0 Å². The first-order valence-electron chi connectivity index (χ1n) is 6.34. The van der Waals surface area contributed by atoms with Gasteiger partial charge < -0.3 is 14.8 Å². The van der Waals surface area contributed by atoms with Crippen molar-refractivity contribution in [2.24, 2.45) is 0 Å². The van der Waals surface area contributed by atoms with E-state index in [9.17, 15) is 4.79 Å². The Morgan fingerprint density at radius 1 is 1.10 bits per heavy atom. The summed E-state index contributed by atoms with van der Waals surface area (Å²) in [5, 5.41) is 2.86. The molecule has 0 fully saturated rings. The lowest BCUT2D eigenvalue weighted by molar-refractivity contribution is 0.102. The molecule has 0 heterocycles. The molecule has 0 radical (unpaired) electrons. The van der Waals surface area contributed by atoms with Gasteiger partial charge >= 0.3 is 0 Å². The number of nitrogens with one attached hydrogen (secondary N) is 1. The lowest BCUT2D eigenvalue weighted by Gasteiger charge is -2.13. The van der Waals surface area contributed by atoms with Crippen LogP contribution in [0.25, 0.3) is 0 Å². The Labute approximate surface area is 132 Å². The molecule has 1 N–H and O–H groups in total. The molecule has 2 rings (SSSR count). The number of benzene rings is 2. The van der Waals surface area contributed by atoms with Crippen molar-refractivity contribution in [2.45, 2.75) is 6.92 Å². The van der Waals surface area contributed by atoms with Gasteiger partial charge in [0.05, 0.1) is 19.9 Å². The van der Waals surface area contributed by atoms with Crippen LogP contribution in [0.3, 0.4) is 0 Å². The number of hydrogen-bond acceptors (Lipinski definition) is 3. The summed E-state index contributed by atoms with van der Waals surface area (Å²) < 4.78 is 11.3. The molecule has 21 heavy (non-hydrogen) atoms. The molecule has 2 aromatic carbocycles. The van der Waals surface area contributed by atoms with E-state index in [0.29, 0.717) is 22.7 Å². The van der Waals surface area contributed by atoms with Crippen LogP contribution < -0.4 is 14.8 Å². The van der Waals surface area contributed by atoms with Crippen LogP contribution in [-0.2, 0) is 0 Å². The Morgan fingerprint density at radius 2 is 1.86 bits per heavy atom. The third-order valence-electron chi connectivity index (χ3n) is 3.10. The lowest BCUT2D eigenvalue weighted by Crippen LogP contribution is -2.14. The van der Waals surface area contributed by atoms with Gasteiger partial charge in [-0.15, -0.1) is 0 Å². The number of carbonyl (C=O) groups is 1. The van der Waals surface area contributed by atoms with Crippen molar-refractivity contribution in [1.29, 1.82) is 0 Å². The Kier molecular flexibility index (Phi) is 4.85. The van der Waals surface area contributed by atoms with Crippen LogP contribution in [0.5, 0.6) is 11.5 Å². The molecule has 5 heteroatoms. The van der Waals surface area contributed by atoms with Crippen molar-refractivity contribution < 1.29 is 14.3 Å². The molecule has 0 atom stereocenters. The summed E-state index contributed by atoms with van der Waals surface area (Å²) in [6.45, 7) is 1.89. The molecule has 0 aliphatic carbocycles. The van der Waals surface area contributed by atoms with Crippen LogP contribution >= 0.6 is 15.9 Å². The highest BCUT2D eigenvalue weighted by Gasteiger charge is 2.13. The van der Waals surface area contributed by atoms with Crippen molar-refractivity contribution in [1.82, 2.24) is 0 Å². The van der Waals surface area contributed by atoms with Crippen molar-refractivity contribution in [3.05, 3.63) is 52.0 Å². The van der Waals surface area contributed by atoms with Crippen molar-refractivity contribution in [3.8, 4) is 11.5 Å². The fourth-order valence-corrected chi connectivity index (χ4v) is 2.30. The van der Waals surface area contributed by atoms with E-state index in [1.165, 1.54) is 0 Å². The quantitative estimate of drug-likeness (QED) is 0.906. The summed E-state index contributed by atoms with van der Waals surface area (Å²) in [4.78, 5) is 12.4. The number of hydrogen-bond donors (Lipinski definition) is 1. The smallest absolute Gasteiger partial charge is 0.256 e. The van der Waals surface area contributed by atoms with E-state index in [0.717, 1.165) is 10.0 Å². The average Bonchev–Trinajstić information content (AvgIpc) is 2.49. The Balaban J connectivity index is 2.32. The van der Waals surface area contributed by atoms with E-state index < -0.39 is 0 Å². The van der Waals surface area contributed by atoms with Gasteiger partial charge in [-0.1, -0.05) is 22.0 Å². The zero-order valence-corrected chi connectivity index (χ0v) is 13.7. The average molecular weight is 350 g/mol. The molecule has 0 aromatic heterocycles. The zero-order chi connectivity index (χ0) is 15.4. The van der Waals surface area contributed by atoms with E-state index in [2.05, 4.69) is 21.2 Å².